The van der Waals surface area contributed by atoms with Gasteiger partial charge in [0.15, 0.2) is 0 Å². The summed E-state index contributed by atoms with van der Waals surface area (Å²) in [5.74, 6) is -0.659. The topological polar surface area (TPSA) is 95.9 Å². The number of sulfonamides is 1. The van der Waals surface area contributed by atoms with Gasteiger partial charge in [-0.25, -0.2) is 8.42 Å². The smallest absolute Gasteiger partial charge is 0.244 e. The van der Waals surface area contributed by atoms with Crippen molar-refractivity contribution in [3.05, 3.63) is 24.3 Å². The molecule has 21 heavy (non-hydrogen) atoms. The molecule has 1 heterocycles. The van der Waals surface area contributed by atoms with E-state index in [4.69, 9.17) is 4.74 Å². The molecule has 1 aliphatic rings. The van der Waals surface area contributed by atoms with Gasteiger partial charge < -0.3 is 14.7 Å². The van der Waals surface area contributed by atoms with Gasteiger partial charge in [0.2, 0.25) is 15.9 Å². The van der Waals surface area contributed by atoms with Crippen LogP contribution in [0, 0.1) is 0 Å². The first-order chi connectivity index (χ1) is 9.92. The lowest BCUT2D eigenvalue weighted by molar-refractivity contribution is -0.136. The molecular weight excluding hydrogens is 296 g/mol. The van der Waals surface area contributed by atoms with Crippen molar-refractivity contribution in [1.29, 1.82) is 0 Å². The predicted octanol–water partition coefficient (Wildman–Crippen LogP) is -0.0822. The number of morpholine rings is 1. The molecule has 1 aromatic rings. The van der Waals surface area contributed by atoms with Crippen LogP contribution in [0.1, 0.15) is 6.92 Å². The maximum atomic E-state index is 12.2. The van der Waals surface area contributed by atoms with E-state index in [1.807, 2.05) is 0 Å². The van der Waals surface area contributed by atoms with E-state index in [0.717, 1.165) is 0 Å². The first-order valence-electron chi connectivity index (χ1n) is 6.58. The molecule has 0 radical (unpaired) electrons. The predicted molar refractivity (Wildman–Crippen MR) is 75.3 cm³/mol. The third kappa shape index (κ3) is 3.72. The van der Waals surface area contributed by atoms with Crippen molar-refractivity contribution in [1.82, 2.24) is 9.62 Å². The highest BCUT2D eigenvalue weighted by Crippen LogP contribution is 2.21. The molecule has 1 amide bonds. The molecule has 1 saturated heterocycles. The van der Waals surface area contributed by atoms with Crippen molar-refractivity contribution in [2.45, 2.75) is 17.9 Å². The van der Waals surface area contributed by atoms with Crippen LogP contribution in [-0.4, -0.2) is 56.7 Å². The molecule has 1 aromatic carbocycles. The van der Waals surface area contributed by atoms with Crippen LogP contribution in [0.25, 0.3) is 0 Å². The van der Waals surface area contributed by atoms with Crippen molar-refractivity contribution in [3.63, 3.8) is 0 Å². The molecule has 2 N–H and O–H groups in total. The molecule has 1 aliphatic heterocycles. The van der Waals surface area contributed by atoms with Gasteiger partial charge in [-0.1, -0.05) is 12.1 Å². The number of benzene rings is 1. The molecule has 116 valence electrons. The summed E-state index contributed by atoms with van der Waals surface area (Å²) in [6.07, 6.45) is 0. The molecule has 8 heteroatoms. The second kappa shape index (κ2) is 6.42. The summed E-state index contributed by atoms with van der Waals surface area (Å²) >= 11 is 0. The number of phenols is 1. The summed E-state index contributed by atoms with van der Waals surface area (Å²) in [6, 6.07) is 4.68. The lowest BCUT2D eigenvalue weighted by Gasteiger charge is -2.29. The zero-order valence-electron chi connectivity index (χ0n) is 11.7. The number of carbonyl (C=O) groups excluding carboxylic acids is 1. The molecule has 0 aromatic heterocycles. The molecule has 1 fully saturated rings. The number of hydrogen-bond donors (Lipinski definition) is 2. The van der Waals surface area contributed by atoms with E-state index in [1.165, 1.54) is 31.2 Å². The number of rotatable bonds is 4. The summed E-state index contributed by atoms with van der Waals surface area (Å²) in [5, 5.41) is 9.62. The third-order valence-electron chi connectivity index (χ3n) is 3.18. The standard InChI is InChI=1S/C13H18N2O5S/c1-10(13(17)15-6-8-20-9-7-15)14-21(18,19)12-5-3-2-4-11(12)16/h2-5,10,14,16H,6-9H2,1H3. The monoisotopic (exact) mass is 314 g/mol. The number of nitrogens with one attached hydrogen (secondary N) is 1. The molecule has 0 aliphatic carbocycles. The maximum absolute atomic E-state index is 12.2. The SMILES string of the molecule is CC(NS(=O)(=O)c1ccccc1O)C(=O)N1CCOCC1. The summed E-state index contributed by atoms with van der Waals surface area (Å²) in [7, 11) is -3.95. The lowest BCUT2D eigenvalue weighted by Crippen LogP contribution is -2.50. The lowest BCUT2D eigenvalue weighted by atomic mass is 10.3. The fraction of sp³-hybridized carbons (Fsp3) is 0.462. The number of para-hydroxylation sites is 1. The number of ether oxygens (including phenoxy) is 1. The van der Waals surface area contributed by atoms with E-state index < -0.39 is 16.1 Å². The largest absolute Gasteiger partial charge is 0.507 e. The average Bonchev–Trinajstić information content (AvgIpc) is 2.47. The Kier molecular flexibility index (Phi) is 4.81. The van der Waals surface area contributed by atoms with Crippen molar-refractivity contribution in [2.24, 2.45) is 0 Å². The average molecular weight is 314 g/mol. The number of hydrogen-bond acceptors (Lipinski definition) is 5. The van der Waals surface area contributed by atoms with Crippen LogP contribution < -0.4 is 4.72 Å². The van der Waals surface area contributed by atoms with Crippen LogP contribution in [0.3, 0.4) is 0 Å². The molecule has 0 saturated carbocycles. The highest BCUT2D eigenvalue weighted by atomic mass is 32.2. The molecule has 0 bridgehead atoms. The fourth-order valence-corrected chi connectivity index (χ4v) is 3.38. The second-order valence-electron chi connectivity index (χ2n) is 4.75. The molecule has 7 nitrogen and oxygen atoms in total. The number of aromatic hydroxyl groups is 1. The quantitative estimate of drug-likeness (QED) is 0.810. The first kappa shape index (κ1) is 15.7. The van der Waals surface area contributed by atoms with Gasteiger partial charge in [-0.15, -0.1) is 0 Å². The van der Waals surface area contributed by atoms with Gasteiger partial charge in [0.25, 0.3) is 0 Å². The van der Waals surface area contributed by atoms with Gasteiger partial charge in [-0.3, -0.25) is 4.79 Å². The zero-order chi connectivity index (χ0) is 15.5. The Morgan fingerprint density at radius 1 is 1.33 bits per heavy atom. The van der Waals surface area contributed by atoms with E-state index in [2.05, 4.69) is 4.72 Å². The summed E-state index contributed by atoms with van der Waals surface area (Å²) in [6.45, 7) is 3.27. The molecule has 1 unspecified atom stereocenters. The number of amides is 1. The Balaban J connectivity index is 2.09. The highest BCUT2D eigenvalue weighted by Gasteiger charge is 2.28. The second-order valence-corrected chi connectivity index (χ2v) is 6.43. The van der Waals surface area contributed by atoms with Crippen LogP contribution in [0.5, 0.6) is 5.75 Å². The minimum Gasteiger partial charge on any atom is -0.507 e. The number of carbonyl (C=O) groups is 1. The van der Waals surface area contributed by atoms with Crippen LogP contribution >= 0.6 is 0 Å². The molecular formula is C13H18N2O5S. The number of phenolic OH excluding ortho intramolecular Hbond substituents is 1. The molecule has 0 spiro atoms. The van der Waals surface area contributed by atoms with Gasteiger partial charge in [-0.2, -0.15) is 4.72 Å². The Morgan fingerprint density at radius 2 is 1.95 bits per heavy atom. The Labute approximate surface area is 123 Å². The van der Waals surface area contributed by atoms with Crippen molar-refractivity contribution >= 4 is 15.9 Å². The van der Waals surface area contributed by atoms with Crippen LogP contribution in [0.15, 0.2) is 29.2 Å². The van der Waals surface area contributed by atoms with Gasteiger partial charge in [0.1, 0.15) is 10.6 Å². The van der Waals surface area contributed by atoms with E-state index in [-0.39, 0.29) is 16.6 Å². The van der Waals surface area contributed by atoms with Gasteiger partial charge >= 0.3 is 0 Å². The molecule has 1 atom stereocenters. The molecule has 2 rings (SSSR count). The van der Waals surface area contributed by atoms with Crippen molar-refractivity contribution < 1.29 is 23.1 Å². The summed E-state index contributed by atoms with van der Waals surface area (Å²) < 4.78 is 31.8. The van der Waals surface area contributed by atoms with Crippen molar-refractivity contribution in [2.75, 3.05) is 26.3 Å². The number of nitrogens with zero attached hydrogens (tertiary/aromatic N) is 1. The van der Waals surface area contributed by atoms with Crippen LogP contribution in [0.4, 0.5) is 0 Å². The van der Waals surface area contributed by atoms with Gasteiger partial charge in [-0.05, 0) is 19.1 Å². The van der Waals surface area contributed by atoms with Crippen molar-refractivity contribution in [3.8, 4) is 5.75 Å². The Hall–Kier alpha value is -1.64. The van der Waals surface area contributed by atoms with Crippen LogP contribution in [-0.2, 0) is 19.6 Å². The first-order valence-corrected chi connectivity index (χ1v) is 8.07. The fourth-order valence-electron chi connectivity index (χ4n) is 2.09. The third-order valence-corrected chi connectivity index (χ3v) is 4.77. The van der Waals surface area contributed by atoms with Gasteiger partial charge in [0, 0.05) is 13.1 Å². The minimum atomic E-state index is -3.95. The normalized spacial score (nSPS) is 17.5. The summed E-state index contributed by atoms with van der Waals surface area (Å²) in [4.78, 5) is 13.5. The maximum Gasteiger partial charge on any atom is 0.244 e. The minimum absolute atomic E-state index is 0.244. The Morgan fingerprint density at radius 3 is 2.57 bits per heavy atom. The van der Waals surface area contributed by atoms with E-state index in [1.54, 1.807) is 4.90 Å². The van der Waals surface area contributed by atoms with Crippen LogP contribution in [0.2, 0.25) is 0 Å². The van der Waals surface area contributed by atoms with E-state index in [9.17, 15) is 18.3 Å². The Bertz CT molecular complexity index is 611. The van der Waals surface area contributed by atoms with E-state index >= 15 is 0 Å². The van der Waals surface area contributed by atoms with Gasteiger partial charge in [0.05, 0.1) is 19.3 Å². The zero-order valence-corrected chi connectivity index (χ0v) is 12.5. The highest BCUT2D eigenvalue weighted by molar-refractivity contribution is 7.89. The van der Waals surface area contributed by atoms with E-state index in [0.29, 0.717) is 26.3 Å². The summed E-state index contributed by atoms with van der Waals surface area (Å²) in [5.41, 5.74) is 0.